The summed E-state index contributed by atoms with van der Waals surface area (Å²) in [6, 6.07) is 18.2. The molecule has 0 aliphatic carbocycles. The number of carbonyl (C=O) groups excluding carboxylic acids is 2. The summed E-state index contributed by atoms with van der Waals surface area (Å²) in [6.45, 7) is 3.85. The number of carbonyl (C=O) groups is 2. The van der Waals surface area contributed by atoms with Crippen LogP contribution < -0.4 is 25.5 Å². The van der Waals surface area contributed by atoms with Gasteiger partial charge in [0.05, 0.1) is 32.5 Å². The number of hydrogen-bond donors (Lipinski definition) is 3. The van der Waals surface area contributed by atoms with E-state index in [1.165, 1.54) is 6.21 Å². The molecule has 1 heterocycles. The number of nitrogens with zero attached hydrogens (tertiary/aromatic N) is 1. The minimum Gasteiger partial charge on any atom is -0.487 e. The molecule has 3 N–H and O–H groups in total. The van der Waals surface area contributed by atoms with Gasteiger partial charge in [-0.05, 0) is 106 Å². The fraction of sp³-hybridized carbons (Fsp3) is 0.200. The van der Waals surface area contributed by atoms with Crippen LogP contribution in [0.15, 0.2) is 86.0 Å². The van der Waals surface area contributed by atoms with Crippen LogP contribution in [-0.2, 0) is 20.9 Å². The highest BCUT2D eigenvalue weighted by atomic mass is 127. The maximum absolute atomic E-state index is 12.7. The molecule has 3 aromatic rings. The minimum atomic E-state index is -0.618. The molecule has 0 spiro atoms. The number of allylic oxidation sites excluding steroid dienone is 1. The fourth-order valence-corrected chi connectivity index (χ4v) is 6.44. The lowest BCUT2D eigenvalue weighted by Crippen LogP contribution is -2.45. The molecule has 0 radical (unpaired) electrons. The van der Waals surface area contributed by atoms with Gasteiger partial charge in [0, 0.05) is 15.7 Å². The summed E-state index contributed by atoms with van der Waals surface area (Å²) in [5.74, 6) is 0.202. The van der Waals surface area contributed by atoms with Crippen LogP contribution in [-0.4, -0.2) is 36.4 Å². The lowest BCUT2D eigenvalue weighted by atomic mass is 9.95. The van der Waals surface area contributed by atoms with Crippen LogP contribution in [0.25, 0.3) is 0 Å². The van der Waals surface area contributed by atoms with Gasteiger partial charge in [-0.1, -0.05) is 46.3 Å². The van der Waals surface area contributed by atoms with E-state index in [-0.39, 0.29) is 13.2 Å². The van der Waals surface area contributed by atoms with Crippen LogP contribution in [0.4, 0.5) is 0 Å². The highest BCUT2D eigenvalue weighted by Gasteiger charge is 2.32. The maximum atomic E-state index is 12.7. The number of hydrogen-bond acceptors (Lipinski definition) is 7. The number of rotatable bonds is 11. The molecule has 3 aromatic carbocycles. The predicted octanol–water partition coefficient (Wildman–Crippen LogP) is 6.28. The molecule has 0 saturated heterocycles. The second kappa shape index (κ2) is 15.6. The van der Waals surface area contributed by atoms with Crippen molar-refractivity contribution in [2.45, 2.75) is 26.5 Å². The summed E-state index contributed by atoms with van der Waals surface area (Å²) in [5, 5.41) is 10.5. The Labute approximate surface area is 285 Å². The van der Waals surface area contributed by atoms with Gasteiger partial charge < -0.3 is 24.8 Å². The molecule has 13 heteroatoms. The molecule has 1 amide bonds. The first-order valence-corrected chi connectivity index (χ1v) is 16.1. The van der Waals surface area contributed by atoms with Crippen molar-refractivity contribution < 1.29 is 23.8 Å². The monoisotopic (exact) mass is 840 g/mol. The van der Waals surface area contributed by atoms with E-state index in [1.54, 1.807) is 32.0 Å². The number of hydrazone groups is 1. The molecule has 224 valence electrons. The zero-order valence-corrected chi connectivity index (χ0v) is 29.2. The molecule has 1 aliphatic rings. The van der Waals surface area contributed by atoms with Crippen LogP contribution in [0.5, 0.6) is 11.5 Å². The molecular weight excluding hydrogens is 815 g/mol. The molecule has 1 aliphatic heterocycles. The largest absolute Gasteiger partial charge is 0.487 e. The topological polar surface area (TPSA) is 110 Å². The second-order valence-corrected chi connectivity index (χ2v) is 12.5. The number of thiocarbonyl (C=S) groups is 1. The molecule has 0 fully saturated rings. The molecule has 0 aromatic heterocycles. The molecule has 9 nitrogen and oxygen atoms in total. The highest BCUT2D eigenvalue weighted by molar-refractivity contribution is 14.1. The summed E-state index contributed by atoms with van der Waals surface area (Å²) in [5.41, 5.74) is 5.89. The first kappa shape index (κ1) is 32.9. The van der Waals surface area contributed by atoms with E-state index in [0.29, 0.717) is 34.3 Å². The molecule has 1 atom stereocenters. The Hall–Kier alpha value is -3.01. The van der Waals surface area contributed by atoms with E-state index in [9.17, 15) is 9.59 Å². The molecule has 43 heavy (non-hydrogen) atoms. The lowest BCUT2D eigenvalue weighted by molar-refractivity contribution is -0.139. The van der Waals surface area contributed by atoms with E-state index < -0.39 is 17.9 Å². The third-order valence-electron chi connectivity index (χ3n) is 6.07. The molecule has 0 saturated carbocycles. The maximum Gasteiger partial charge on any atom is 0.338 e. The molecule has 4 rings (SSSR count). The van der Waals surface area contributed by atoms with E-state index in [4.69, 9.17) is 26.4 Å². The number of ether oxygens (including phenoxy) is 3. The first-order valence-electron chi connectivity index (χ1n) is 13.0. The number of esters is 1. The Kier molecular flexibility index (Phi) is 12.0. The smallest absolute Gasteiger partial charge is 0.338 e. The summed E-state index contributed by atoms with van der Waals surface area (Å²) in [4.78, 5) is 25.3. The number of halogens is 3. The third kappa shape index (κ3) is 9.00. The zero-order valence-electron chi connectivity index (χ0n) is 23.1. The highest BCUT2D eigenvalue weighted by Crippen LogP contribution is 2.34. The summed E-state index contributed by atoms with van der Waals surface area (Å²) in [6.07, 6.45) is 1.54. The molecule has 0 unspecified atom stereocenters. The van der Waals surface area contributed by atoms with Gasteiger partial charge in [-0.25, -0.2) is 10.2 Å². The van der Waals surface area contributed by atoms with Crippen LogP contribution >= 0.6 is 66.7 Å². The van der Waals surface area contributed by atoms with Gasteiger partial charge in [-0.15, -0.1) is 0 Å². The Balaban J connectivity index is 1.37. The normalized spacial score (nSPS) is 14.6. The average Bonchev–Trinajstić information content (AvgIpc) is 2.96. The van der Waals surface area contributed by atoms with Crippen molar-refractivity contribution in [2.75, 3.05) is 13.2 Å². The Morgan fingerprint density at radius 3 is 2.58 bits per heavy atom. The molecule has 0 bridgehead atoms. The van der Waals surface area contributed by atoms with Crippen molar-refractivity contribution in [3.8, 4) is 11.5 Å². The predicted molar refractivity (Wildman–Crippen MR) is 184 cm³/mol. The average molecular weight is 842 g/mol. The minimum absolute atomic E-state index is 0.229. The van der Waals surface area contributed by atoms with E-state index >= 15 is 0 Å². The van der Waals surface area contributed by atoms with Gasteiger partial charge in [-0.3, -0.25) is 4.79 Å². The standard InChI is InChI=1S/C30H27Br2IN4O5S/c1-3-40-29(39)26-17(2)35-30(43)36-27(26)21-6-4-5-7-24(21)41-16-25(38)37-34-14-19-12-22(32)28(23(33)13-19)42-15-18-8-10-20(31)11-9-18/h4-14,27H,3,15-16H2,1-2H3,(H,37,38)(H2,35,36,43)/t27-/m1/s1. The quantitative estimate of drug-likeness (QED) is 0.0682. The van der Waals surface area contributed by atoms with Gasteiger partial charge in [0.15, 0.2) is 11.7 Å². The van der Waals surface area contributed by atoms with Crippen LogP contribution in [0.1, 0.15) is 36.6 Å². The van der Waals surface area contributed by atoms with Gasteiger partial charge in [0.1, 0.15) is 18.1 Å². The first-order chi connectivity index (χ1) is 20.7. The third-order valence-corrected chi connectivity index (χ3v) is 8.21. The van der Waals surface area contributed by atoms with Crippen molar-refractivity contribution in [1.29, 1.82) is 0 Å². The lowest BCUT2D eigenvalue weighted by Gasteiger charge is -2.30. The Bertz CT molecular complexity index is 1560. The number of amides is 1. The number of nitrogens with one attached hydrogen (secondary N) is 3. The van der Waals surface area contributed by atoms with Gasteiger partial charge in [0.2, 0.25) is 0 Å². The summed E-state index contributed by atoms with van der Waals surface area (Å²) in [7, 11) is 0. The summed E-state index contributed by atoms with van der Waals surface area (Å²) >= 11 is 14.5. The van der Waals surface area contributed by atoms with Crippen molar-refractivity contribution in [3.05, 3.63) is 101 Å². The number of para-hydroxylation sites is 1. The Morgan fingerprint density at radius 2 is 1.86 bits per heavy atom. The van der Waals surface area contributed by atoms with E-state index in [1.807, 2.05) is 42.5 Å². The number of benzene rings is 3. The van der Waals surface area contributed by atoms with Crippen molar-refractivity contribution in [1.82, 2.24) is 16.1 Å². The van der Waals surface area contributed by atoms with Crippen molar-refractivity contribution in [3.63, 3.8) is 0 Å². The van der Waals surface area contributed by atoms with Crippen LogP contribution in [0.3, 0.4) is 0 Å². The Morgan fingerprint density at radius 1 is 1.12 bits per heavy atom. The van der Waals surface area contributed by atoms with E-state index in [0.717, 1.165) is 29.4 Å². The SMILES string of the molecule is CCOC(=O)C1=C(C)NC(=S)N[C@@H]1c1ccccc1OCC(=O)NN=Cc1cc(Br)c(OCc2ccc(Br)cc2)c(I)c1. The van der Waals surface area contributed by atoms with E-state index in [2.05, 4.69) is 75.6 Å². The van der Waals surface area contributed by atoms with Crippen molar-refractivity contribution >= 4 is 89.9 Å². The van der Waals surface area contributed by atoms with Crippen LogP contribution in [0.2, 0.25) is 0 Å². The molecular formula is C30H27Br2IN4O5S. The zero-order chi connectivity index (χ0) is 30.9. The second-order valence-electron chi connectivity index (χ2n) is 9.14. The van der Waals surface area contributed by atoms with Gasteiger partial charge >= 0.3 is 5.97 Å². The van der Waals surface area contributed by atoms with Crippen LogP contribution in [0, 0.1) is 3.57 Å². The van der Waals surface area contributed by atoms with Crippen molar-refractivity contribution in [2.24, 2.45) is 5.10 Å². The van der Waals surface area contributed by atoms with Gasteiger partial charge in [0.25, 0.3) is 5.91 Å². The fourth-order valence-electron chi connectivity index (χ4n) is 4.14. The van der Waals surface area contributed by atoms with Gasteiger partial charge in [-0.2, -0.15) is 5.10 Å². The summed E-state index contributed by atoms with van der Waals surface area (Å²) < 4.78 is 19.8.